The molecule has 0 radical (unpaired) electrons. The third-order valence-corrected chi connectivity index (χ3v) is 2.09. The molecule has 0 bridgehead atoms. The Hall–Kier alpha value is -1.12. The summed E-state index contributed by atoms with van der Waals surface area (Å²) in [5.74, 6) is 0. The van der Waals surface area contributed by atoms with Gasteiger partial charge >= 0.3 is 0 Å². The summed E-state index contributed by atoms with van der Waals surface area (Å²) in [6.07, 6.45) is 0.0340. The number of nitrogens with one attached hydrogen (secondary N) is 1. The molecule has 1 N–H and O–H groups in total. The lowest BCUT2D eigenvalue weighted by atomic mass is 10.1. The number of ether oxygens (including phenoxy) is 1. The van der Waals surface area contributed by atoms with Gasteiger partial charge in [-0.2, -0.15) is 0 Å². The number of hydrogen-bond donors (Lipinski definition) is 1. The van der Waals surface area contributed by atoms with Gasteiger partial charge in [-0.15, -0.1) is 0 Å². The second kappa shape index (κ2) is 3.73. The Bertz CT molecular complexity index is 284. The normalized spacial score (nSPS) is 23.1. The zero-order valence-corrected chi connectivity index (χ0v) is 7.49. The highest BCUT2D eigenvalue weighted by molar-refractivity contribution is 5.18. The zero-order chi connectivity index (χ0) is 9.10. The summed E-state index contributed by atoms with van der Waals surface area (Å²) in [4.78, 5) is 0. The molecule has 2 rings (SSSR count). The van der Waals surface area contributed by atoms with Crippen molar-refractivity contribution in [1.29, 1.82) is 0 Å². The first-order valence-corrected chi connectivity index (χ1v) is 4.43. The van der Waals surface area contributed by atoms with Crippen molar-refractivity contribution >= 4 is 0 Å². The van der Waals surface area contributed by atoms with E-state index < -0.39 is 0 Å². The van der Waals surface area contributed by atoms with Crippen LogP contribution in [0, 0.1) is 0 Å². The Morgan fingerprint density at radius 1 is 1.31 bits per heavy atom. The second-order valence-electron chi connectivity index (χ2n) is 3.23. The molecule has 1 atom stereocenters. The molecule has 1 aliphatic heterocycles. The minimum absolute atomic E-state index is 0.0340. The molecule has 1 aromatic rings. The van der Waals surface area contributed by atoms with Crippen molar-refractivity contribution in [3.63, 3.8) is 0 Å². The van der Waals surface area contributed by atoms with E-state index in [1.165, 1.54) is 5.56 Å². The van der Waals surface area contributed by atoms with Crippen molar-refractivity contribution in [2.75, 3.05) is 13.2 Å². The van der Waals surface area contributed by atoms with Gasteiger partial charge in [-0.05, 0) is 11.1 Å². The molecule has 0 saturated carbocycles. The maximum atomic E-state index is 5.57. The summed E-state index contributed by atoms with van der Waals surface area (Å²) in [6, 6.07) is 10.2. The van der Waals surface area contributed by atoms with Crippen molar-refractivity contribution in [3.05, 3.63) is 48.0 Å². The maximum absolute atomic E-state index is 5.57. The third-order valence-electron chi connectivity index (χ3n) is 2.09. The van der Waals surface area contributed by atoms with Crippen LogP contribution in [-0.4, -0.2) is 13.2 Å². The molecule has 2 heteroatoms. The minimum atomic E-state index is 0.0340. The van der Waals surface area contributed by atoms with Gasteiger partial charge in [0.1, 0.15) is 6.23 Å². The van der Waals surface area contributed by atoms with E-state index in [-0.39, 0.29) is 6.23 Å². The second-order valence-corrected chi connectivity index (χ2v) is 3.23. The topological polar surface area (TPSA) is 21.3 Å². The van der Waals surface area contributed by atoms with Gasteiger partial charge in [0, 0.05) is 6.54 Å². The van der Waals surface area contributed by atoms with E-state index in [0.717, 1.165) is 12.1 Å². The lowest BCUT2D eigenvalue weighted by Gasteiger charge is -2.25. The summed E-state index contributed by atoms with van der Waals surface area (Å²) in [7, 11) is 0. The Labute approximate surface area is 78.2 Å². The van der Waals surface area contributed by atoms with E-state index in [0.29, 0.717) is 6.61 Å². The van der Waals surface area contributed by atoms with E-state index in [2.05, 4.69) is 24.0 Å². The van der Waals surface area contributed by atoms with Crippen LogP contribution in [0.25, 0.3) is 0 Å². The molecule has 1 aromatic carbocycles. The largest absolute Gasteiger partial charge is 0.355 e. The fraction of sp³-hybridized carbons (Fsp3) is 0.273. The lowest BCUT2D eigenvalue weighted by Crippen LogP contribution is -2.32. The van der Waals surface area contributed by atoms with Gasteiger partial charge in [0.05, 0.1) is 6.61 Å². The van der Waals surface area contributed by atoms with Crippen LogP contribution in [0.2, 0.25) is 0 Å². The lowest BCUT2D eigenvalue weighted by molar-refractivity contribution is 0.0250. The molecule has 0 spiro atoms. The summed E-state index contributed by atoms with van der Waals surface area (Å²) in [5, 5.41) is 3.26. The van der Waals surface area contributed by atoms with Gasteiger partial charge in [0.2, 0.25) is 0 Å². The van der Waals surface area contributed by atoms with Crippen molar-refractivity contribution in [1.82, 2.24) is 5.32 Å². The van der Waals surface area contributed by atoms with E-state index >= 15 is 0 Å². The molecule has 1 saturated heterocycles. The van der Waals surface area contributed by atoms with Crippen LogP contribution in [0.15, 0.2) is 42.5 Å². The molecule has 0 amide bonds. The number of benzene rings is 1. The first-order valence-electron chi connectivity index (χ1n) is 4.43. The van der Waals surface area contributed by atoms with Gasteiger partial charge < -0.3 is 4.74 Å². The summed E-state index contributed by atoms with van der Waals surface area (Å²) in [5.41, 5.74) is 2.28. The molecule has 1 fully saturated rings. The average Bonchev–Trinajstić information content (AvgIpc) is 2.20. The number of rotatable bonds is 1. The first kappa shape index (κ1) is 8.48. The molecule has 1 aliphatic rings. The zero-order valence-electron chi connectivity index (χ0n) is 7.49. The first-order chi connectivity index (χ1) is 6.36. The highest BCUT2D eigenvalue weighted by Crippen LogP contribution is 2.17. The van der Waals surface area contributed by atoms with Crippen LogP contribution in [0.4, 0.5) is 0 Å². The predicted octanol–water partition coefficient (Wildman–Crippen LogP) is 1.86. The minimum Gasteiger partial charge on any atom is -0.355 e. The van der Waals surface area contributed by atoms with Gasteiger partial charge in [-0.3, -0.25) is 5.32 Å². The summed E-state index contributed by atoms with van der Waals surface area (Å²) < 4.78 is 5.57. The quantitative estimate of drug-likeness (QED) is 0.658. The highest BCUT2D eigenvalue weighted by Gasteiger charge is 2.15. The molecule has 2 nitrogen and oxygen atoms in total. The van der Waals surface area contributed by atoms with Crippen LogP contribution >= 0.6 is 0 Å². The smallest absolute Gasteiger partial charge is 0.134 e. The van der Waals surface area contributed by atoms with Gasteiger partial charge in [-0.25, -0.2) is 0 Å². The van der Waals surface area contributed by atoms with Crippen LogP contribution in [0.3, 0.4) is 0 Å². The molecular weight excluding hydrogens is 162 g/mol. The van der Waals surface area contributed by atoms with Crippen molar-refractivity contribution in [2.45, 2.75) is 6.23 Å². The SMILES string of the molecule is C=C1CNC(c2ccccc2)OC1. The van der Waals surface area contributed by atoms with E-state index in [1.807, 2.05) is 18.2 Å². The summed E-state index contributed by atoms with van der Waals surface area (Å²) in [6.45, 7) is 5.36. The standard InChI is InChI=1S/C11H13NO/c1-9-7-12-11(13-8-9)10-5-3-2-4-6-10/h2-6,11-12H,1,7-8H2. The fourth-order valence-electron chi connectivity index (χ4n) is 1.39. The van der Waals surface area contributed by atoms with E-state index in [1.54, 1.807) is 0 Å². The molecule has 1 unspecified atom stereocenters. The Balaban J connectivity index is 2.07. The highest BCUT2D eigenvalue weighted by atomic mass is 16.5. The van der Waals surface area contributed by atoms with Gasteiger partial charge in [0.15, 0.2) is 0 Å². The maximum Gasteiger partial charge on any atom is 0.134 e. The Morgan fingerprint density at radius 2 is 2.08 bits per heavy atom. The molecule has 0 aromatic heterocycles. The Morgan fingerprint density at radius 3 is 2.69 bits per heavy atom. The average molecular weight is 175 g/mol. The van der Waals surface area contributed by atoms with Crippen LogP contribution in [0.5, 0.6) is 0 Å². The third kappa shape index (κ3) is 1.97. The van der Waals surface area contributed by atoms with Crippen LogP contribution < -0.4 is 5.32 Å². The van der Waals surface area contributed by atoms with Crippen LogP contribution in [-0.2, 0) is 4.74 Å². The molecular formula is C11H13NO. The summed E-state index contributed by atoms with van der Waals surface area (Å²) >= 11 is 0. The van der Waals surface area contributed by atoms with Crippen molar-refractivity contribution in [3.8, 4) is 0 Å². The van der Waals surface area contributed by atoms with Gasteiger partial charge in [-0.1, -0.05) is 36.9 Å². The van der Waals surface area contributed by atoms with Crippen molar-refractivity contribution < 1.29 is 4.74 Å². The fourth-order valence-corrected chi connectivity index (χ4v) is 1.39. The van der Waals surface area contributed by atoms with E-state index in [9.17, 15) is 0 Å². The monoisotopic (exact) mass is 175 g/mol. The van der Waals surface area contributed by atoms with E-state index in [4.69, 9.17) is 4.74 Å². The molecule has 68 valence electrons. The molecule has 13 heavy (non-hydrogen) atoms. The molecule has 0 aliphatic carbocycles. The Kier molecular flexibility index (Phi) is 2.43. The van der Waals surface area contributed by atoms with Crippen LogP contribution in [0.1, 0.15) is 11.8 Å². The number of hydrogen-bond acceptors (Lipinski definition) is 2. The predicted molar refractivity (Wildman–Crippen MR) is 52.3 cm³/mol. The van der Waals surface area contributed by atoms with Crippen molar-refractivity contribution in [2.24, 2.45) is 0 Å². The molecule has 1 heterocycles. The van der Waals surface area contributed by atoms with Gasteiger partial charge in [0.25, 0.3) is 0 Å².